The topological polar surface area (TPSA) is 15.3 Å². The van der Waals surface area contributed by atoms with Crippen LogP contribution < -0.4 is 5.32 Å². The first-order valence-electron chi connectivity index (χ1n) is 8.95. The van der Waals surface area contributed by atoms with Crippen LogP contribution in [0.5, 0.6) is 0 Å². The highest BCUT2D eigenvalue weighted by atomic mass is 15.2. The minimum atomic E-state index is 0.529. The lowest BCUT2D eigenvalue weighted by Crippen LogP contribution is -2.54. The maximum atomic E-state index is 3.72. The van der Waals surface area contributed by atoms with Crippen LogP contribution in [0.2, 0.25) is 0 Å². The molecule has 0 aromatic heterocycles. The van der Waals surface area contributed by atoms with Crippen molar-refractivity contribution < 1.29 is 0 Å². The molecule has 2 heteroatoms. The van der Waals surface area contributed by atoms with Crippen LogP contribution in [0.25, 0.3) is 0 Å². The molecule has 1 N–H and O–H groups in total. The lowest BCUT2D eigenvalue weighted by atomic mass is 9.67. The molecular formula is C18H34N2. The number of hydrogen-bond donors (Lipinski definition) is 1. The summed E-state index contributed by atoms with van der Waals surface area (Å²) in [6.07, 6.45) is 8.37. The van der Waals surface area contributed by atoms with Gasteiger partial charge in [0.25, 0.3) is 0 Å². The van der Waals surface area contributed by atoms with Crippen LogP contribution in [-0.2, 0) is 0 Å². The van der Waals surface area contributed by atoms with Gasteiger partial charge in [-0.25, -0.2) is 0 Å². The van der Waals surface area contributed by atoms with E-state index in [0.717, 1.165) is 18.0 Å². The molecule has 2 nitrogen and oxygen atoms in total. The van der Waals surface area contributed by atoms with Gasteiger partial charge in [0.2, 0.25) is 0 Å². The van der Waals surface area contributed by atoms with Crippen molar-refractivity contribution in [2.24, 2.45) is 16.7 Å². The van der Waals surface area contributed by atoms with Gasteiger partial charge in [-0.1, -0.05) is 27.7 Å². The monoisotopic (exact) mass is 278 g/mol. The Hall–Kier alpha value is -0.0800. The first kappa shape index (κ1) is 14.8. The molecule has 1 heterocycles. The summed E-state index contributed by atoms with van der Waals surface area (Å²) >= 11 is 0. The second-order valence-corrected chi connectivity index (χ2v) is 8.56. The van der Waals surface area contributed by atoms with Crippen LogP contribution in [-0.4, -0.2) is 36.6 Å². The molecular weight excluding hydrogens is 244 g/mol. The van der Waals surface area contributed by atoms with Gasteiger partial charge in [-0.15, -0.1) is 0 Å². The van der Waals surface area contributed by atoms with Crippen molar-refractivity contribution in [3.05, 3.63) is 0 Å². The van der Waals surface area contributed by atoms with Crippen molar-refractivity contribution in [3.8, 4) is 0 Å². The quantitative estimate of drug-likeness (QED) is 0.829. The molecule has 116 valence electrons. The average molecular weight is 278 g/mol. The normalized spacial score (nSPS) is 45.3. The second-order valence-electron chi connectivity index (χ2n) is 8.56. The molecule has 3 aliphatic rings. The molecule has 2 aliphatic carbocycles. The zero-order valence-electron chi connectivity index (χ0n) is 14.0. The average Bonchev–Trinajstić information content (AvgIpc) is 2.83. The molecule has 0 amide bonds. The predicted molar refractivity (Wildman–Crippen MR) is 85.9 cm³/mol. The highest BCUT2D eigenvalue weighted by Gasteiger charge is 2.60. The zero-order chi connectivity index (χ0) is 14.4. The third-order valence-corrected chi connectivity index (χ3v) is 6.87. The summed E-state index contributed by atoms with van der Waals surface area (Å²) in [5, 5.41) is 3.72. The Labute approximate surface area is 125 Å². The van der Waals surface area contributed by atoms with E-state index < -0.39 is 0 Å². The molecule has 0 aromatic rings. The largest absolute Gasteiger partial charge is 0.314 e. The first-order valence-corrected chi connectivity index (χ1v) is 8.95. The van der Waals surface area contributed by atoms with E-state index in [2.05, 4.69) is 37.9 Å². The standard InChI is InChI=1S/C18H34N2/c1-5-15-8-12-20(11-6-10-19-15)16-17(2,3)14-7-9-18(16,4)13-14/h14-16,19H,5-13H2,1-4H3. The second kappa shape index (κ2) is 5.28. The summed E-state index contributed by atoms with van der Waals surface area (Å²) in [4.78, 5) is 2.89. The van der Waals surface area contributed by atoms with Crippen LogP contribution in [0.1, 0.15) is 66.2 Å². The van der Waals surface area contributed by atoms with Crippen molar-refractivity contribution in [1.29, 1.82) is 0 Å². The van der Waals surface area contributed by atoms with E-state index >= 15 is 0 Å². The minimum absolute atomic E-state index is 0.529. The lowest BCUT2D eigenvalue weighted by Gasteiger charge is -2.50. The van der Waals surface area contributed by atoms with E-state index in [9.17, 15) is 0 Å². The highest BCUT2D eigenvalue weighted by Crippen LogP contribution is 2.64. The van der Waals surface area contributed by atoms with E-state index in [1.54, 1.807) is 0 Å². The summed E-state index contributed by atoms with van der Waals surface area (Å²) in [5.74, 6) is 0.975. The fourth-order valence-corrected chi connectivity index (χ4v) is 5.92. The van der Waals surface area contributed by atoms with Crippen LogP contribution in [0.4, 0.5) is 0 Å². The summed E-state index contributed by atoms with van der Waals surface area (Å²) in [7, 11) is 0. The Morgan fingerprint density at radius 2 is 1.95 bits per heavy atom. The molecule has 0 spiro atoms. The van der Waals surface area contributed by atoms with E-state index in [0.29, 0.717) is 10.8 Å². The van der Waals surface area contributed by atoms with Gasteiger partial charge < -0.3 is 5.32 Å². The molecule has 1 saturated heterocycles. The van der Waals surface area contributed by atoms with Crippen LogP contribution in [0.3, 0.4) is 0 Å². The van der Waals surface area contributed by atoms with Gasteiger partial charge in [-0.2, -0.15) is 0 Å². The third kappa shape index (κ3) is 2.33. The predicted octanol–water partition coefficient (Wildman–Crippen LogP) is 3.67. The Balaban J connectivity index is 1.76. The number of fused-ring (bicyclic) bond motifs is 2. The molecule has 20 heavy (non-hydrogen) atoms. The van der Waals surface area contributed by atoms with Gasteiger partial charge in [0.15, 0.2) is 0 Å². The van der Waals surface area contributed by atoms with Gasteiger partial charge in [-0.05, 0) is 74.9 Å². The molecule has 2 saturated carbocycles. The molecule has 4 unspecified atom stereocenters. The number of hydrogen-bond acceptors (Lipinski definition) is 2. The number of nitrogens with one attached hydrogen (secondary N) is 1. The molecule has 3 fully saturated rings. The fraction of sp³-hybridized carbons (Fsp3) is 1.00. The zero-order valence-corrected chi connectivity index (χ0v) is 14.0. The first-order chi connectivity index (χ1) is 9.47. The van der Waals surface area contributed by atoms with Crippen molar-refractivity contribution in [1.82, 2.24) is 10.2 Å². The summed E-state index contributed by atoms with van der Waals surface area (Å²) < 4.78 is 0. The molecule has 2 bridgehead atoms. The molecule has 3 rings (SSSR count). The molecule has 1 aliphatic heterocycles. The third-order valence-electron chi connectivity index (χ3n) is 6.87. The molecule has 0 radical (unpaired) electrons. The van der Waals surface area contributed by atoms with E-state index in [1.807, 2.05) is 0 Å². The van der Waals surface area contributed by atoms with E-state index in [-0.39, 0.29) is 0 Å². The van der Waals surface area contributed by atoms with E-state index in [1.165, 1.54) is 58.2 Å². The smallest absolute Gasteiger partial charge is 0.0203 e. The van der Waals surface area contributed by atoms with Gasteiger partial charge in [0, 0.05) is 12.1 Å². The SMILES string of the molecule is CCC1CCN(C2C3(C)CCC(C3)C2(C)C)CCCN1. The lowest BCUT2D eigenvalue weighted by molar-refractivity contribution is -0.00183. The van der Waals surface area contributed by atoms with Crippen molar-refractivity contribution in [2.75, 3.05) is 19.6 Å². The minimum Gasteiger partial charge on any atom is -0.314 e. The molecule has 4 atom stereocenters. The van der Waals surface area contributed by atoms with Crippen LogP contribution in [0.15, 0.2) is 0 Å². The fourth-order valence-electron chi connectivity index (χ4n) is 5.92. The van der Waals surface area contributed by atoms with Crippen molar-refractivity contribution in [3.63, 3.8) is 0 Å². The van der Waals surface area contributed by atoms with Gasteiger partial charge >= 0.3 is 0 Å². The number of nitrogens with zero attached hydrogens (tertiary/aromatic N) is 1. The van der Waals surface area contributed by atoms with Gasteiger partial charge in [0.05, 0.1) is 0 Å². The Morgan fingerprint density at radius 3 is 2.60 bits per heavy atom. The van der Waals surface area contributed by atoms with E-state index in [4.69, 9.17) is 0 Å². The summed E-state index contributed by atoms with van der Waals surface area (Å²) in [6, 6.07) is 1.57. The Kier molecular flexibility index (Phi) is 3.92. The highest BCUT2D eigenvalue weighted by molar-refractivity contribution is 5.12. The van der Waals surface area contributed by atoms with Gasteiger partial charge in [0.1, 0.15) is 0 Å². The van der Waals surface area contributed by atoms with Crippen LogP contribution >= 0.6 is 0 Å². The maximum absolute atomic E-state index is 3.72. The Bertz CT molecular complexity index is 347. The summed E-state index contributed by atoms with van der Waals surface area (Å²) in [6.45, 7) is 13.8. The summed E-state index contributed by atoms with van der Waals surface area (Å²) in [5.41, 5.74) is 1.13. The number of rotatable bonds is 2. The van der Waals surface area contributed by atoms with Gasteiger partial charge in [-0.3, -0.25) is 4.90 Å². The van der Waals surface area contributed by atoms with Crippen molar-refractivity contribution in [2.45, 2.75) is 78.3 Å². The maximum Gasteiger partial charge on any atom is 0.0203 e. The van der Waals surface area contributed by atoms with Crippen molar-refractivity contribution >= 4 is 0 Å². The van der Waals surface area contributed by atoms with Crippen LogP contribution in [0, 0.1) is 16.7 Å². The Morgan fingerprint density at radius 1 is 1.15 bits per heavy atom. The molecule has 0 aromatic carbocycles.